The van der Waals surface area contributed by atoms with E-state index < -0.39 is 16.1 Å². The van der Waals surface area contributed by atoms with E-state index in [1.54, 1.807) is 6.92 Å². The first-order valence-electron chi connectivity index (χ1n) is 7.31. The molecule has 0 atom stereocenters. The molecule has 0 N–H and O–H groups in total. The summed E-state index contributed by atoms with van der Waals surface area (Å²) >= 11 is 3.19. The Bertz CT molecular complexity index is 981. The van der Waals surface area contributed by atoms with Gasteiger partial charge in [0.15, 0.2) is 11.5 Å². The van der Waals surface area contributed by atoms with Gasteiger partial charge in [-0.2, -0.15) is 13.7 Å². The molecule has 2 aromatic carbocycles. The Labute approximate surface area is 159 Å². The van der Waals surface area contributed by atoms with E-state index in [2.05, 4.69) is 20.7 Å². The zero-order chi connectivity index (χ0) is 19.3. The molecular weight excluding hydrogens is 426 g/mol. The molecule has 0 saturated heterocycles. The second kappa shape index (κ2) is 8.21. The summed E-state index contributed by atoms with van der Waals surface area (Å²) < 4.78 is 40.6. The quantitative estimate of drug-likeness (QED) is 0.502. The Morgan fingerprint density at radius 2 is 2.00 bits per heavy atom. The van der Waals surface area contributed by atoms with Gasteiger partial charge in [0.05, 0.1) is 35.4 Å². The number of hydrogen-bond donors (Lipinski definition) is 0. The average molecular weight is 440 g/mol. The van der Waals surface area contributed by atoms with Crippen molar-refractivity contribution in [1.82, 2.24) is 0 Å². The van der Waals surface area contributed by atoms with Gasteiger partial charge in [0.2, 0.25) is 0 Å². The van der Waals surface area contributed by atoms with Crippen LogP contribution >= 0.6 is 15.9 Å². The maximum absolute atomic E-state index is 12.6. The Morgan fingerprint density at radius 1 is 1.27 bits per heavy atom. The lowest BCUT2D eigenvalue weighted by atomic mass is 10.2. The summed E-state index contributed by atoms with van der Waals surface area (Å²) in [5, 5.41) is 9.03. The van der Waals surface area contributed by atoms with E-state index in [-0.39, 0.29) is 38.6 Å². The van der Waals surface area contributed by atoms with Crippen LogP contribution < -0.4 is 8.92 Å². The number of rotatable bonds is 6. The number of ether oxygens (including phenoxy) is 2. The topological polar surface area (TPSA) is 103 Å². The Balaban J connectivity index is 2.47. The summed E-state index contributed by atoms with van der Waals surface area (Å²) in [4.78, 5) is 11.4. The molecule has 0 fully saturated rings. The third kappa shape index (κ3) is 4.33. The highest BCUT2D eigenvalue weighted by atomic mass is 79.9. The number of carbonyl (C=O) groups excluding carboxylic acids is 1. The molecule has 0 spiro atoms. The second-order valence-electron chi connectivity index (χ2n) is 4.89. The van der Waals surface area contributed by atoms with Gasteiger partial charge in [-0.15, -0.1) is 0 Å². The first kappa shape index (κ1) is 19.8. The maximum Gasteiger partial charge on any atom is 0.339 e. The number of methoxy groups -OCH3 is 1. The standard InChI is InChI=1S/C17H14BrNO6S/c1-3-24-15-8-11(10-19)7-14(18)16(15)25-26(21,22)13-6-4-5-12(9-13)17(20)23-2/h4-9H,3H2,1-2H3. The van der Waals surface area contributed by atoms with E-state index in [1.165, 1.54) is 37.4 Å². The fourth-order valence-corrected chi connectivity index (χ4v) is 3.66. The number of nitrogens with zero attached hydrogens (tertiary/aromatic N) is 1. The van der Waals surface area contributed by atoms with Crippen LogP contribution in [0.25, 0.3) is 0 Å². The van der Waals surface area contributed by atoms with Crippen LogP contribution in [0.3, 0.4) is 0 Å². The number of esters is 1. The summed E-state index contributed by atoms with van der Waals surface area (Å²) in [5.74, 6) is -0.656. The predicted molar refractivity (Wildman–Crippen MR) is 95.6 cm³/mol. The molecule has 0 unspecified atom stereocenters. The zero-order valence-electron chi connectivity index (χ0n) is 13.9. The van der Waals surface area contributed by atoms with Crippen LogP contribution in [0, 0.1) is 11.3 Å². The van der Waals surface area contributed by atoms with Crippen LogP contribution in [0.5, 0.6) is 11.5 Å². The molecule has 0 bridgehead atoms. The minimum absolute atomic E-state index is 0.0705. The van der Waals surface area contributed by atoms with E-state index in [0.29, 0.717) is 0 Å². The van der Waals surface area contributed by atoms with E-state index in [0.717, 1.165) is 6.07 Å². The van der Waals surface area contributed by atoms with E-state index in [4.69, 9.17) is 14.2 Å². The highest BCUT2D eigenvalue weighted by Crippen LogP contribution is 2.38. The van der Waals surface area contributed by atoms with Crippen LogP contribution in [0.15, 0.2) is 45.8 Å². The number of benzene rings is 2. The van der Waals surface area contributed by atoms with Crippen molar-refractivity contribution in [1.29, 1.82) is 5.26 Å². The number of halogens is 1. The Hall–Kier alpha value is -2.57. The zero-order valence-corrected chi connectivity index (χ0v) is 16.3. The van der Waals surface area contributed by atoms with E-state index >= 15 is 0 Å². The molecule has 2 rings (SSSR count). The van der Waals surface area contributed by atoms with Crippen molar-refractivity contribution >= 4 is 32.0 Å². The van der Waals surface area contributed by atoms with Gasteiger partial charge in [-0.05, 0) is 47.1 Å². The van der Waals surface area contributed by atoms with Crippen molar-refractivity contribution in [2.45, 2.75) is 11.8 Å². The summed E-state index contributed by atoms with van der Waals surface area (Å²) in [6.45, 7) is 1.96. The van der Waals surface area contributed by atoms with Gasteiger partial charge in [0.1, 0.15) is 4.90 Å². The number of nitriles is 1. The normalized spacial score (nSPS) is 10.7. The fourth-order valence-electron chi connectivity index (χ4n) is 2.03. The highest BCUT2D eigenvalue weighted by Gasteiger charge is 2.23. The Kier molecular flexibility index (Phi) is 6.23. The SMILES string of the molecule is CCOc1cc(C#N)cc(Br)c1OS(=O)(=O)c1cccc(C(=O)OC)c1. The third-order valence-electron chi connectivity index (χ3n) is 3.18. The summed E-state index contributed by atoms with van der Waals surface area (Å²) in [7, 11) is -3.06. The molecule has 0 saturated carbocycles. The van der Waals surface area contributed by atoms with Crippen LogP contribution in [0.4, 0.5) is 0 Å². The lowest BCUT2D eigenvalue weighted by molar-refractivity contribution is 0.0600. The number of carbonyl (C=O) groups is 1. The smallest absolute Gasteiger partial charge is 0.339 e. The fraction of sp³-hybridized carbons (Fsp3) is 0.176. The highest BCUT2D eigenvalue weighted by molar-refractivity contribution is 9.10. The molecule has 0 heterocycles. The van der Waals surface area contributed by atoms with Crippen molar-refractivity contribution in [3.63, 3.8) is 0 Å². The Morgan fingerprint density at radius 3 is 2.62 bits per heavy atom. The van der Waals surface area contributed by atoms with Crippen LogP contribution in [-0.4, -0.2) is 28.1 Å². The van der Waals surface area contributed by atoms with Gasteiger partial charge in [-0.25, -0.2) is 4.79 Å². The van der Waals surface area contributed by atoms with Crippen molar-refractivity contribution in [2.75, 3.05) is 13.7 Å². The minimum Gasteiger partial charge on any atom is -0.490 e. The first-order chi connectivity index (χ1) is 12.3. The largest absolute Gasteiger partial charge is 0.490 e. The molecule has 0 aliphatic carbocycles. The maximum atomic E-state index is 12.6. The van der Waals surface area contributed by atoms with Crippen molar-refractivity contribution < 1.29 is 26.9 Å². The second-order valence-corrected chi connectivity index (χ2v) is 7.29. The van der Waals surface area contributed by atoms with Gasteiger partial charge >= 0.3 is 16.1 Å². The van der Waals surface area contributed by atoms with Crippen LogP contribution in [0.2, 0.25) is 0 Å². The van der Waals surface area contributed by atoms with Crippen molar-refractivity contribution in [3.05, 3.63) is 52.0 Å². The van der Waals surface area contributed by atoms with Gasteiger partial charge in [0, 0.05) is 6.07 Å². The molecule has 0 aromatic heterocycles. The molecule has 2 aromatic rings. The van der Waals surface area contributed by atoms with Crippen LogP contribution in [-0.2, 0) is 14.9 Å². The summed E-state index contributed by atoms with van der Waals surface area (Å²) in [5.41, 5.74) is 0.346. The molecule has 0 amide bonds. The van der Waals surface area contributed by atoms with Crippen LogP contribution in [0.1, 0.15) is 22.8 Å². The third-order valence-corrected chi connectivity index (χ3v) is 4.98. The van der Waals surface area contributed by atoms with Gasteiger partial charge in [-0.3, -0.25) is 0 Å². The molecular formula is C17H14BrNO6S. The minimum atomic E-state index is -4.26. The van der Waals surface area contributed by atoms with Gasteiger partial charge in [-0.1, -0.05) is 6.07 Å². The molecule has 9 heteroatoms. The average Bonchev–Trinajstić information content (AvgIpc) is 2.63. The molecule has 26 heavy (non-hydrogen) atoms. The van der Waals surface area contributed by atoms with Gasteiger partial charge < -0.3 is 13.7 Å². The molecule has 7 nitrogen and oxygen atoms in total. The van der Waals surface area contributed by atoms with E-state index in [1.807, 2.05) is 6.07 Å². The van der Waals surface area contributed by atoms with Crippen molar-refractivity contribution in [3.8, 4) is 17.6 Å². The first-order valence-corrected chi connectivity index (χ1v) is 9.51. The molecule has 136 valence electrons. The van der Waals surface area contributed by atoms with E-state index in [9.17, 15) is 13.2 Å². The monoisotopic (exact) mass is 439 g/mol. The summed E-state index contributed by atoms with van der Waals surface area (Å²) in [6, 6.07) is 10.0. The lowest BCUT2D eigenvalue weighted by Gasteiger charge is -2.14. The van der Waals surface area contributed by atoms with Gasteiger partial charge in [0.25, 0.3) is 0 Å². The molecule has 0 aliphatic heterocycles. The summed E-state index contributed by atoms with van der Waals surface area (Å²) in [6.07, 6.45) is 0. The number of hydrogen-bond acceptors (Lipinski definition) is 7. The predicted octanol–water partition coefficient (Wildman–Crippen LogP) is 3.27. The lowest BCUT2D eigenvalue weighted by Crippen LogP contribution is -2.12. The van der Waals surface area contributed by atoms with Crippen molar-refractivity contribution in [2.24, 2.45) is 0 Å². The molecule has 0 aliphatic rings. The molecule has 0 radical (unpaired) electrons.